The van der Waals surface area contributed by atoms with Crippen LogP contribution < -0.4 is 0 Å². The van der Waals surface area contributed by atoms with E-state index in [1.54, 1.807) is 18.5 Å². The molecule has 0 amide bonds. The van der Waals surface area contributed by atoms with Crippen molar-refractivity contribution in [3.05, 3.63) is 65.5 Å². The average molecular weight is 278 g/mol. The first-order valence-electron chi connectivity index (χ1n) is 6.98. The van der Waals surface area contributed by atoms with Gasteiger partial charge in [0.1, 0.15) is 0 Å². The lowest BCUT2D eigenvalue weighted by atomic mass is 9.77. The van der Waals surface area contributed by atoms with Gasteiger partial charge in [0.05, 0.1) is 22.9 Å². The molecule has 4 rings (SSSR count). The van der Waals surface area contributed by atoms with Crippen LogP contribution in [0.15, 0.2) is 48.8 Å². The van der Waals surface area contributed by atoms with Crippen LogP contribution in [0.3, 0.4) is 0 Å². The van der Waals surface area contributed by atoms with Crippen molar-refractivity contribution in [1.29, 1.82) is 0 Å². The zero-order valence-electron chi connectivity index (χ0n) is 11.4. The van der Waals surface area contributed by atoms with Gasteiger partial charge in [-0.3, -0.25) is 0 Å². The fourth-order valence-corrected chi connectivity index (χ4v) is 3.11. The Kier molecular flexibility index (Phi) is 2.57. The molecule has 0 bridgehead atoms. The molecule has 104 valence electrons. The Hall–Kier alpha value is -2.62. The highest BCUT2D eigenvalue weighted by atomic mass is 16.4. The molecular weight excluding hydrogens is 264 g/mol. The predicted molar refractivity (Wildman–Crippen MR) is 79.6 cm³/mol. The summed E-state index contributed by atoms with van der Waals surface area (Å²) in [5, 5.41) is 9.02. The molecule has 1 atom stereocenters. The van der Waals surface area contributed by atoms with Gasteiger partial charge in [-0.2, -0.15) is 0 Å². The Morgan fingerprint density at radius 2 is 2.14 bits per heavy atom. The van der Waals surface area contributed by atoms with Crippen LogP contribution in [0.5, 0.6) is 0 Å². The molecule has 1 aromatic heterocycles. The zero-order chi connectivity index (χ0) is 14.4. The van der Waals surface area contributed by atoms with Crippen LogP contribution in [0.2, 0.25) is 0 Å². The van der Waals surface area contributed by atoms with Crippen molar-refractivity contribution < 1.29 is 9.90 Å². The van der Waals surface area contributed by atoms with Gasteiger partial charge in [-0.15, -0.1) is 0 Å². The largest absolute Gasteiger partial charge is 0.478 e. The molecule has 1 aliphatic carbocycles. The molecule has 0 saturated carbocycles. The molecule has 1 N–H and O–H groups in total. The van der Waals surface area contributed by atoms with Crippen molar-refractivity contribution in [3.8, 4) is 0 Å². The minimum Gasteiger partial charge on any atom is -0.478 e. The highest BCUT2D eigenvalue weighted by molar-refractivity contribution is 5.92. The Balaban J connectivity index is 1.65. The zero-order valence-corrected chi connectivity index (χ0v) is 11.4. The fourth-order valence-electron chi connectivity index (χ4n) is 3.11. The van der Waals surface area contributed by atoms with Gasteiger partial charge in [0.2, 0.25) is 0 Å². The van der Waals surface area contributed by atoms with Crippen molar-refractivity contribution in [2.75, 3.05) is 0 Å². The van der Waals surface area contributed by atoms with E-state index >= 15 is 0 Å². The first kappa shape index (κ1) is 12.1. The third-order valence-corrected chi connectivity index (χ3v) is 4.25. The number of carboxylic acids is 1. The predicted octanol–water partition coefficient (Wildman–Crippen LogP) is 3.07. The second-order valence-corrected chi connectivity index (χ2v) is 5.51. The maximum absolute atomic E-state index is 11.0. The minimum absolute atomic E-state index is 0.279. The molecule has 1 unspecified atom stereocenters. The average Bonchev–Trinajstić information content (AvgIpc) is 2.87. The minimum atomic E-state index is -0.917. The first-order chi connectivity index (χ1) is 10.2. The summed E-state index contributed by atoms with van der Waals surface area (Å²) in [5.74, 6) is -0.392. The summed E-state index contributed by atoms with van der Waals surface area (Å²) >= 11 is 0. The fraction of sp³-hybridized carbons (Fsp3) is 0.176. The maximum Gasteiger partial charge on any atom is 0.335 e. The van der Waals surface area contributed by atoms with Crippen LogP contribution in [-0.4, -0.2) is 20.6 Å². The van der Waals surface area contributed by atoms with E-state index in [9.17, 15) is 4.79 Å². The molecule has 0 spiro atoms. The van der Waals surface area contributed by atoms with Crippen LogP contribution in [0.25, 0.3) is 11.0 Å². The highest BCUT2D eigenvalue weighted by Gasteiger charge is 2.26. The lowest BCUT2D eigenvalue weighted by molar-refractivity contribution is 0.0697. The number of benzene rings is 2. The molecule has 3 aromatic rings. The van der Waals surface area contributed by atoms with Crippen molar-refractivity contribution in [3.63, 3.8) is 0 Å². The third kappa shape index (κ3) is 1.91. The smallest absolute Gasteiger partial charge is 0.335 e. The van der Waals surface area contributed by atoms with Crippen LogP contribution in [-0.2, 0) is 13.0 Å². The van der Waals surface area contributed by atoms with E-state index in [4.69, 9.17) is 5.11 Å². The SMILES string of the molecule is O=C(O)c1ccc2c(c1)ncn2CC1Cc2ccccc21. The van der Waals surface area contributed by atoms with Crippen molar-refractivity contribution in [2.24, 2.45) is 0 Å². The van der Waals surface area contributed by atoms with Crippen LogP contribution in [0.4, 0.5) is 0 Å². The summed E-state index contributed by atoms with van der Waals surface area (Å²) in [7, 11) is 0. The number of nitrogens with zero attached hydrogens (tertiary/aromatic N) is 2. The molecule has 2 aromatic carbocycles. The molecule has 1 aliphatic rings. The lowest BCUT2D eigenvalue weighted by Gasteiger charge is -2.30. The molecule has 4 nitrogen and oxygen atoms in total. The summed E-state index contributed by atoms with van der Waals surface area (Å²) < 4.78 is 2.11. The Bertz CT molecular complexity index is 851. The second kappa shape index (κ2) is 4.45. The summed E-state index contributed by atoms with van der Waals surface area (Å²) in [6.07, 6.45) is 2.90. The van der Waals surface area contributed by atoms with Gasteiger partial charge in [0.15, 0.2) is 0 Å². The standard InChI is InChI=1S/C17H14N2O2/c20-17(21)12-5-6-16-15(8-12)18-10-19(16)9-13-7-11-3-1-2-4-14(11)13/h1-6,8,10,13H,7,9H2,(H,20,21). The summed E-state index contributed by atoms with van der Waals surface area (Å²) in [6.45, 7) is 0.889. The van der Waals surface area contributed by atoms with Crippen molar-refractivity contribution in [1.82, 2.24) is 9.55 Å². The number of hydrogen-bond acceptors (Lipinski definition) is 2. The normalized spacial score (nSPS) is 16.5. The number of imidazole rings is 1. The van der Waals surface area contributed by atoms with Gasteiger partial charge in [-0.1, -0.05) is 24.3 Å². The molecule has 0 radical (unpaired) electrons. The topological polar surface area (TPSA) is 55.1 Å². The Labute approximate surface area is 121 Å². The second-order valence-electron chi connectivity index (χ2n) is 5.51. The molecule has 21 heavy (non-hydrogen) atoms. The molecule has 0 fully saturated rings. The van der Waals surface area contributed by atoms with E-state index < -0.39 is 5.97 Å². The Morgan fingerprint density at radius 1 is 1.29 bits per heavy atom. The van der Waals surface area contributed by atoms with Crippen LogP contribution in [0, 0.1) is 0 Å². The number of carboxylic acid groups (broad SMARTS) is 1. The van der Waals surface area contributed by atoms with Crippen LogP contribution in [0.1, 0.15) is 27.4 Å². The highest BCUT2D eigenvalue weighted by Crippen LogP contribution is 2.36. The van der Waals surface area contributed by atoms with Crippen LogP contribution >= 0.6 is 0 Å². The van der Waals surface area contributed by atoms with Gasteiger partial charge < -0.3 is 9.67 Å². The molecule has 0 aliphatic heterocycles. The third-order valence-electron chi connectivity index (χ3n) is 4.25. The van der Waals surface area contributed by atoms with E-state index in [1.807, 2.05) is 6.07 Å². The van der Waals surface area contributed by atoms with Gasteiger partial charge in [-0.05, 0) is 35.7 Å². The molecule has 0 saturated heterocycles. The monoisotopic (exact) mass is 278 g/mol. The summed E-state index contributed by atoms with van der Waals surface area (Å²) in [4.78, 5) is 15.3. The number of hydrogen-bond donors (Lipinski definition) is 1. The Morgan fingerprint density at radius 3 is 2.95 bits per heavy atom. The molecule has 4 heteroatoms. The maximum atomic E-state index is 11.0. The number of fused-ring (bicyclic) bond motifs is 2. The van der Waals surface area contributed by atoms with Crippen molar-refractivity contribution in [2.45, 2.75) is 18.9 Å². The van der Waals surface area contributed by atoms with Crippen molar-refractivity contribution >= 4 is 17.0 Å². The summed E-state index contributed by atoms with van der Waals surface area (Å²) in [5.41, 5.74) is 4.86. The number of aromatic carboxylic acids is 1. The van der Waals surface area contributed by atoms with E-state index in [2.05, 4.69) is 33.8 Å². The van der Waals surface area contributed by atoms with E-state index in [1.165, 1.54) is 11.1 Å². The van der Waals surface area contributed by atoms with E-state index in [0.717, 1.165) is 24.0 Å². The lowest BCUT2D eigenvalue weighted by Crippen LogP contribution is -2.21. The molecular formula is C17H14N2O2. The summed E-state index contributed by atoms with van der Waals surface area (Å²) in [6, 6.07) is 13.6. The number of carbonyl (C=O) groups is 1. The van der Waals surface area contributed by atoms with Gasteiger partial charge in [-0.25, -0.2) is 9.78 Å². The number of aromatic nitrogens is 2. The number of rotatable bonds is 3. The van der Waals surface area contributed by atoms with Gasteiger partial charge in [0, 0.05) is 12.5 Å². The van der Waals surface area contributed by atoms with Gasteiger partial charge >= 0.3 is 5.97 Å². The van der Waals surface area contributed by atoms with E-state index in [0.29, 0.717) is 5.92 Å². The van der Waals surface area contributed by atoms with Gasteiger partial charge in [0.25, 0.3) is 0 Å². The quantitative estimate of drug-likeness (QED) is 0.801. The first-order valence-corrected chi connectivity index (χ1v) is 6.98. The molecule has 1 heterocycles. The van der Waals surface area contributed by atoms with E-state index in [-0.39, 0.29) is 5.56 Å².